The summed E-state index contributed by atoms with van der Waals surface area (Å²) in [5.41, 5.74) is 8.05. The van der Waals surface area contributed by atoms with Crippen LogP contribution in [-0.4, -0.2) is 26.8 Å². The lowest BCUT2D eigenvalue weighted by Crippen LogP contribution is -2.29. The van der Waals surface area contributed by atoms with Gasteiger partial charge in [-0.2, -0.15) is 0 Å². The lowest BCUT2D eigenvalue weighted by molar-refractivity contribution is -0.119. The fraction of sp³-hybridized carbons (Fsp3) is 0.348. The molecule has 1 fully saturated rings. The van der Waals surface area contributed by atoms with Gasteiger partial charge in [-0.05, 0) is 49.1 Å². The monoisotopic (exact) mass is 453 g/mol. The third kappa shape index (κ3) is 3.77. The van der Waals surface area contributed by atoms with Gasteiger partial charge >= 0.3 is 0 Å². The van der Waals surface area contributed by atoms with Gasteiger partial charge in [0, 0.05) is 31.8 Å². The first kappa shape index (κ1) is 20.3. The average Bonchev–Trinajstić information content (AvgIpc) is 3.36. The molecule has 0 unspecified atom stereocenters. The average molecular weight is 454 g/mol. The van der Waals surface area contributed by atoms with Crippen LogP contribution < -0.4 is 11.1 Å². The van der Waals surface area contributed by atoms with E-state index in [4.69, 9.17) is 22.3 Å². The highest BCUT2D eigenvalue weighted by Crippen LogP contribution is 2.42. The van der Waals surface area contributed by atoms with Gasteiger partial charge in [0.1, 0.15) is 22.9 Å². The minimum absolute atomic E-state index is 0.0393. The summed E-state index contributed by atoms with van der Waals surface area (Å²) in [5.74, 6) is 2.45. The van der Waals surface area contributed by atoms with E-state index in [0.29, 0.717) is 17.7 Å². The Morgan fingerprint density at radius 1 is 1.32 bits per heavy atom. The number of nitrogens with one attached hydrogen (secondary N) is 1. The van der Waals surface area contributed by atoms with E-state index in [2.05, 4.69) is 26.8 Å². The zero-order chi connectivity index (χ0) is 21.5. The maximum Gasteiger partial charge on any atom is 0.216 e. The number of nitrogens with zero attached hydrogens (tertiary/aromatic N) is 3. The summed E-state index contributed by atoms with van der Waals surface area (Å²) in [7, 11) is 0. The maximum atomic E-state index is 11.2. The van der Waals surface area contributed by atoms with E-state index in [9.17, 15) is 4.79 Å². The Bertz CT molecular complexity index is 1270. The van der Waals surface area contributed by atoms with Gasteiger partial charge in [-0.1, -0.05) is 23.7 Å². The van der Waals surface area contributed by atoms with Crippen LogP contribution in [0.3, 0.4) is 0 Å². The van der Waals surface area contributed by atoms with Crippen LogP contribution in [0.25, 0.3) is 26.2 Å². The van der Waals surface area contributed by atoms with E-state index in [1.165, 1.54) is 0 Å². The van der Waals surface area contributed by atoms with Gasteiger partial charge < -0.3 is 11.1 Å². The molecule has 3 N–H and O–H groups in total. The first-order chi connectivity index (χ1) is 15.0. The third-order valence-electron chi connectivity index (χ3n) is 6.19. The SMILES string of the molecule is CC(=O)NCC1CCC(c2nc(-c3cc4cccc(Cl)c4s3)c3c(N)nccn23)CC1. The molecule has 160 valence electrons. The van der Waals surface area contributed by atoms with Crippen molar-refractivity contribution in [1.29, 1.82) is 0 Å². The van der Waals surface area contributed by atoms with E-state index < -0.39 is 0 Å². The molecule has 1 saturated carbocycles. The van der Waals surface area contributed by atoms with Crippen LogP contribution in [0.4, 0.5) is 5.82 Å². The number of aromatic nitrogens is 3. The quantitative estimate of drug-likeness (QED) is 0.441. The first-order valence-electron chi connectivity index (χ1n) is 10.6. The van der Waals surface area contributed by atoms with E-state index in [-0.39, 0.29) is 5.91 Å². The predicted octanol–water partition coefficient (Wildman–Crippen LogP) is 5.26. The summed E-state index contributed by atoms with van der Waals surface area (Å²) in [6, 6.07) is 8.08. The number of hydrogen-bond acceptors (Lipinski definition) is 5. The number of imidazole rings is 1. The van der Waals surface area contributed by atoms with Crippen LogP contribution in [0.5, 0.6) is 0 Å². The maximum absolute atomic E-state index is 11.2. The highest BCUT2D eigenvalue weighted by Gasteiger charge is 2.28. The Morgan fingerprint density at radius 2 is 2.13 bits per heavy atom. The lowest BCUT2D eigenvalue weighted by atomic mass is 9.81. The van der Waals surface area contributed by atoms with Gasteiger partial charge in [-0.15, -0.1) is 11.3 Å². The molecule has 1 aromatic carbocycles. The van der Waals surface area contributed by atoms with Crippen molar-refractivity contribution in [2.75, 3.05) is 12.3 Å². The Hall–Kier alpha value is -2.64. The van der Waals surface area contributed by atoms with Crippen LogP contribution in [0, 0.1) is 5.92 Å². The largest absolute Gasteiger partial charge is 0.382 e. The summed E-state index contributed by atoms with van der Waals surface area (Å²) in [6.45, 7) is 2.33. The first-order valence-corrected chi connectivity index (χ1v) is 11.8. The molecule has 0 atom stereocenters. The van der Waals surface area contributed by atoms with Gasteiger partial charge in [0.05, 0.1) is 14.6 Å². The van der Waals surface area contributed by atoms with Crippen LogP contribution in [0.1, 0.15) is 44.3 Å². The number of hydrogen-bond donors (Lipinski definition) is 2. The molecule has 0 radical (unpaired) electrons. The number of rotatable bonds is 4. The molecule has 3 heterocycles. The highest BCUT2D eigenvalue weighted by atomic mass is 35.5. The fourth-order valence-electron chi connectivity index (χ4n) is 4.60. The zero-order valence-electron chi connectivity index (χ0n) is 17.3. The molecule has 6 nitrogen and oxygen atoms in total. The predicted molar refractivity (Wildman–Crippen MR) is 127 cm³/mol. The van der Waals surface area contributed by atoms with Crippen molar-refractivity contribution in [2.45, 2.75) is 38.5 Å². The van der Waals surface area contributed by atoms with Gasteiger partial charge in [0.2, 0.25) is 5.91 Å². The molecule has 4 aromatic rings. The molecule has 1 aliphatic carbocycles. The van der Waals surface area contributed by atoms with Crippen molar-refractivity contribution >= 4 is 50.3 Å². The summed E-state index contributed by atoms with van der Waals surface area (Å²) in [6.07, 6.45) is 7.94. The number of carbonyl (C=O) groups is 1. The normalized spacial score (nSPS) is 19.2. The van der Waals surface area contributed by atoms with Crippen molar-refractivity contribution in [3.05, 3.63) is 47.5 Å². The second-order valence-electron chi connectivity index (χ2n) is 8.27. The van der Waals surface area contributed by atoms with Gasteiger partial charge in [-0.3, -0.25) is 9.20 Å². The van der Waals surface area contributed by atoms with Crippen LogP contribution in [-0.2, 0) is 4.79 Å². The topological polar surface area (TPSA) is 85.3 Å². The number of anilines is 1. The van der Waals surface area contributed by atoms with Gasteiger partial charge in [-0.25, -0.2) is 9.97 Å². The number of nitrogens with two attached hydrogens (primary N) is 1. The minimum atomic E-state index is 0.0393. The molecule has 0 spiro atoms. The Morgan fingerprint density at radius 3 is 2.87 bits per heavy atom. The van der Waals surface area contributed by atoms with E-state index in [1.807, 2.05) is 18.3 Å². The molecule has 0 aliphatic heterocycles. The molecular formula is C23H24ClN5OS. The summed E-state index contributed by atoms with van der Waals surface area (Å²) >= 11 is 8.05. The van der Waals surface area contributed by atoms with Crippen molar-refractivity contribution in [2.24, 2.45) is 5.92 Å². The number of carbonyl (C=O) groups excluding carboxylic acids is 1. The molecule has 5 rings (SSSR count). The van der Waals surface area contributed by atoms with E-state index in [0.717, 1.165) is 69.2 Å². The molecule has 1 amide bonds. The van der Waals surface area contributed by atoms with Crippen LogP contribution >= 0.6 is 22.9 Å². The van der Waals surface area contributed by atoms with Crippen molar-refractivity contribution < 1.29 is 4.79 Å². The number of halogens is 1. The Kier molecular flexibility index (Phi) is 5.32. The summed E-state index contributed by atoms with van der Waals surface area (Å²) < 4.78 is 3.17. The highest BCUT2D eigenvalue weighted by molar-refractivity contribution is 7.22. The van der Waals surface area contributed by atoms with Crippen LogP contribution in [0.15, 0.2) is 36.7 Å². The Balaban J connectivity index is 1.51. The van der Waals surface area contributed by atoms with E-state index >= 15 is 0 Å². The van der Waals surface area contributed by atoms with Gasteiger partial charge in [0.25, 0.3) is 0 Å². The lowest BCUT2D eigenvalue weighted by Gasteiger charge is -2.27. The van der Waals surface area contributed by atoms with E-state index in [1.54, 1.807) is 24.5 Å². The number of benzene rings is 1. The van der Waals surface area contributed by atoms with Crippen molar-refractivity contribution in [3.63, 3.8) is 0 Å². The molecule has 0 bridgehead atoms. The standard InChI is InChI=1S/C23H24ClN5OS/c1-13(30)27-12-14-5-7-15(8-6-14)23-28-19(20-22(25)26-9-10-29(20)23)18-11-16-3-2-4-17(24)21(16)31-18/h2-4,9-11,14-15H,5-8,12H2,1H3,(H2,25,26)(H,27,30). The molecule has 0 saturated heterocycles. The zero-order valence-corrected chi connectivity index (χ0v) is 18.8. The second-order valence-corrected chi connectivity index (χ2v) is 9.73. The molecule has 8 heteroatoms. The summed E-state index contributed by atoms with van der Waals surface area (Å²) in [5, 5.41) is 4.81. The minimum Gasteiger partial charge on any atom is -0.382 e. The molecule has 3 aromatic heterocycles. The summed E-state index contributed by atoms with van der Waals surface area (Å²) in [4.78, 5) is 21.7. The number of amides is 1. The molecule has 1 aliphatic rings. The fourth-order valence-corrected chi connectivity index (χ4v) is 5.96. The molecule has 31 heavy (non-hydrogen) atoms. The second kappa shape index (κ2) is 8.13. The molecular weight excluding hydrogens is 430 g/mol. The Labute approximate surface area is 189 Å². The number of fused-ring (bicyclic) bond motifs is 2. The number of thiophene rings is 1. The van der Waals surface area contributed by atoms with Crippen LogP contribution in [0.2, 0.25) is 5.02 Å². The van der Waals surface area contributed by atoms with Gasteiger partial charge in [0.15, 0.2) is 0 Å². The number of nitrogen functional groups attached to an aromatic ring is 1. The smallest absolute Gasteiger partial charge is 0.216 e. The van der Waals surface area contributed by atoms with Crippen molar-refractivity contribution in [1.82, 2.24) is 19.7 Å². The third-order valence-corrected chi connectivity index (χ3v) is 7.81. The van der Waals surface area contributed by atoms with Crippen molar-refractivity contribution in [3.8, 4) is 10.6 Å².